The Morgan fingerprint density at radius 3 is 1.58 bits per heavy atom. The first-order valence-corrected chi connectivity index (χ1v) is 25.3. The maximum Gasteiger partial charge on any atom is 0.268 e. The number of phosphoric acid groups is 1. The van der Waals surface area contributed by atoms with Gasteiger partial charge in [-0.2, -0.15) is 0 Å². The number of carbonyl (C=O) groups excluding carboxylic acids is 1. The van der Waals surface area contributed by atoms with Crippen molar-refractivity contribution in [3.05, 3.63) is 72.9 Å². The fourth-order valence-corrected chi connectivity index (χ4v) is 7.10. The van der Waals surface area contributed by atoms with Gasteiger partial charge in [0, 0.05) is 6.42 Å². The van der Waals surface area contributed by atoms with Gasteiger partial charge in [0.25, 0.3) is 7.82 Å². The zero-order valence-electron chi connectivity index (χ0n) is 38.7. The molecule has 2 N–H and O–H groups in total. The van der Waals surface area contributed by atoms with Crippen LogP contribution in [-0.2, 0) is 18.4 Å². The second-order valence-electron chi connectivity index (χ2n) is 17.1. The normalized spacial score (nSPS) is 14.9. The molecule has 0 aliphatic rings. The quantitative estimate of drug-likeness (QED) is 0.0274. The van der Waals surface area contributed by atoms with Gasteiger partial charge in [-0.25, -0.2) is 0 Å². The summed E-state index contributed by atoms with van der Waals surface area (Å²) in [4.78, 5) is 25.2. The summed E-state index contributed by atoms with van der Waals surface area (Å²) in [5, 5.41) is 13.7. The molecule has 0 aromatic carbocycles. The van der Waals surface area contributed by atoms with Crippen molar-refractivity contribution in [2.75, 3.05) is 40.9 Å². The third kappa shape index (κ3) is 43.8. The molecule has 0 aromatic rings. The Hall–Kier alpha value is -2.06. The number of hydrogen-bond acceptors (Lipinski definition) is 6. The van der Waals surface area contributed by atoms with Gasteiger partial charge in [-0.15, -0.1) is 0 Å². The lowest BCUT2D eigenvalue weighted by molar-refractivity contribution is -0.870. The average molecular weight is 847 g/mol. The third-order valence-electron chi connectivity index (χ3n) is 10.2. The van der Waals surface area contributed by atoms with Gasteiger partial charge in [-0.3, -0.25) is 9.36 Å². The van der Waals surface area contributed by atoms with Crippen LogP contribution in [0.1, 0.15) is 187 Å². The summed E-state index contributed by atoms with van der Waals surface area (Å²) in [7, 11) is 1.23. The van der Waals surface area contributed by atoms with Gasteiger partial charge in [0.1, 0.15) is 13.2 Å². The van der Waals surface area contributed by atoms with E-state index >= 15 is 0 Å². The fraction of sp³-hybridized carbons (Fsp3) is 0.740. The molecule has 342 valence electrons. The van der Waals surface area contributed by atoms with E-state index in [-0.39, 0.29) is 12.5 Å². The number of nitrogens with zero attached hydrogens (tertiary/aromatic N) is 1. The third-order valence-corrected chi connectivity index (χ3v) is 11.1. The van der Waals surface area contributed by atoms with Crippen molar-refractivity contribution < 1.29 is 32.9 Å². The molecule has 9 heteroatoms. The van der Waals surface area contributed by atoms with Crippen LogP contribution >= 0.6 is 7.82 Å². The summed E-state index contributed by atoms with van der Waals surface area (Å²) in [6, 6.07) is -0.902. The molecular weight excluding hydrogens is 756 g/mol. The highest BCUT2D eigenvalue weighted by Gasteiger charge is 2.23. The molecular formula is C50H91N2O6P. The van der Waals surface area contributed by atoms with E-state index in [1.807, 2.05) is 27.2 Å². The fourth-order valence-electron chi connectivity index (χ4n) is 6.38. The number of unbranched alkanes of at least 4 members (excludes halogenated alkanes) is 19. The largest absolute Gasteiger partial charge is 0.756 e. The first kappa shape index (κ1) is 56.9. The van der Waals surface area contributed by atoms with Crippen molar-refractivity contribution in [2.24, 2.45) is 0 Å². The van der Waals surface area contributed by atoms with Crippen molar-refractivity contribution >= 4 is 13.7 Å². The topological polar surface area (TPSA) is 108 Å². The van der Waals surface area contributed by atoms with Gasteiger partial charge in [0.05, 0.1) is 39.9 Å². The highest BCUT2D eigenvalue weighted by Crippen LogP contribution is 2.38. The van der Waals surface area contributed by atoms with E-state index < -0.39 is 26.6 Å². The molecule has 59 heavy (non-hydrogen) atoms. The number of phosphoric ester groups is 1. The second-order valence-corrected chi connectivity index (χ2v) is 18.5. The molecule has 0 fully saturated rings. The van der Waals surface area contributed by atoms with Gasteiger partial charge in [0.2, 0.25) is 5.91 Å². The smallest absolute Gasteiger partial charge is 0.268 e. The number of likely N-dealkylation sites (N-methyl/N-ethyl adjacent to an activating group) is 1. The van der Waals surface area contributed by atoms with Crippen molar-refractivity contribution in [1.29, 1.82) is 0 Å². The summed E-state index contributed by atoms with van der Waals surface area (Å²) in [6.45, 7) is 4.42. The van der Waals surface area contributed by atoms with E-state index in [4.69, 9.17) is 9.05 Å². The number of nitrogens with one attached hydrogen (secondary N) is 1. The standard InChI is InChI=1S/C50H91N2O6P/c1-6-8-10-12-14-16-17-18-19-20-21-22-23-24-25-26-27-28-29-30-31-32-33-34-35-36-38-40-42-44-50(54)51-48(47-58-59(55,56)57-46-45-52(3,4)5)49(53)43-41-39-37-15-13-11-9-7-2/h8,10,13-16,18-19,21-22,41,43,48-49,53H,6-7,9,11-12,17,20,23-40,42,44-47H2,1-5H3,(H-,51,54,55,56)/b10-8-,15-13+,16-14-,19-18-,22-21-,43-41+. The summed E-state index contributed by atoms with van der Waals surface area (Å²) >= 11 is 0. The van der Waals surface area contributed by atoms with Crippen molar-refractivity contribution in [3.63, 3.8) is 0 Å². The number of carbonyl (C=O) groups is 1. The number of quaternary nitrogens is 1. The lowest BCUT2D eigenvalue weighted by Crippen LogP contribution is -2.45. The summed E-state index contributed by atoms with van der Waals surface area (Å²) in [6.07, 6.45) is 55.6. The van der Waals surface area contributed by atoms with E-state index in [0.717, 1.165) is 64.2 Å². The zero-order valence-corrected chi connectivity index (χ0v) is 39.6. The number of hydrogen-bond donors (Lipinski definition) is 2. The molecule has 0 rings (SSSR count). The minimum absolute atomic E-state index is 0.00880. The van der Waals surface area contributed by atoms with Gasteiger partial charge in [-0.05, 0) is 64.2 Å². The van der Waals surface area contributed by atoms with Crippen LogP contribution in [0.4, 0.5) is 0 Å². The Labute approximate surface area is 364 Å². The predicted octanol–water partition coefficient (Wildman–Crippen LogP) is 12.9. The van der Waals surface area contributed by atoms with E-state index in [1.165, 1.54) is 103 Å². The molecule has 0 spiro atoms. The first-order valence-electron chi connectivity index (χ1n) is 23.8. The summed E-state index contributed by atoms with van der Waals surface area (Å²) in [5.41, 5.74) is 0. The molecule has 1 amide bonds. The van der Waals surface area contributed by atoms with E-state index in [1.54, 1.807) is 6.08 Å². The van der Waals surface area contributed by atoms with Crippen LogP contribution in [-0.4, -0.2) is 68.5 Å². The van der Waals surface area contributed by atoms with Crippen LogP contribution in [0.25, 0.3) is 0 Å². The van der Waals surface area contributed by atoms with Crippen LogP contribution in [0.15, 0.2) is 72.9 Å². The molecule has 0 aliphatic carbocycles. The van der Waals surface area contributed by atoms with Crippen LogP contribution < -0.4 is 10.2 Å². The Balaban J connectivity index is 4.05. The molecule has 0 heterocycles. The van der Waals surface area contributed by atoms with Crippen molar-refractivity contribution in [3.8, 4) is 0 Å². The number of aliphatic hydroxyl groups is 1. The highest BCUT2D eigenvalue weighted by atomic mass is 31.2. The molecule has 0 radical (unpaired) electrons. The molecule has 3 atom stereocenters. The molecule has 0 aromatic heterocycles. The van der Waals surface area contributed by atoms with Crippen molar-refractivity contribution in [2.45, 2.75) is 199 Å². The molecule has 3 unspecified atom stereocenters. The monoisotopic (exact) mass is 847 g/mol. The molecule has 8 nitrogen and oxygen atoms in total. The zero-order chi connectivity index (χ0) is 43.6. The SMILES string of the molecule is CC/C=C\C/C=C\C/C=C\C/C=C\CCCCCCCCCCCCCCCCCCC(=O)NC(COP(=O)([O-])OCC[N+](C)(C)C)C(O)/C=C/CC/C=C/CCCC. The number of allylic oxidation sites excluding steroid dienone is 11. The molecule has 0 aliphatic heterocycles. The maximum absolute atomic E-state index is 12.8. The Morgan fingerprint density at radius 1 is 0.610 bits per heavy atom. The average Bonchev–Trinajstić information content (AvgIpc) is 3.19. The predicted molar refractivity (Wildman–Crippen MR) is 251 cm³/mol. The lowest BCUT2D eigenvalue weighted by Gasteiger charge is -2.29. The minimum atomic E-state index is -4.59. The van der Waals surface area contributed by atoms with Crippen molar-refractivity contribution in [1.82, 2.24) is 5.32 Å². The van der Waals surface area contributed by atoms with Crippen LogP contribution in [0.3, 0.4) is 0 Å². The van der Waals surface area contributed by atoms with Crippen LogP contribution in [0.2, 0.25) is 0 Å². The summed E-state index contributed by atoms with van der Waals surface area (Å²) < 4.78 is 23.1. The molecule has 0 bridgehead atoms. The number of aliphatic hydroxyl groups excluding tert-OH is 1. The van der Waals surface area contributed by atoms with Gasteiger partial charge < -0.3 is 28.8 Å². The minimum Gasteiger partial charge on any atom is -0.756 e. The van der Waals surface area contributed by atoms with Crippen LogP contribution in [0, 0.1) is 0 Å². The van der Waals surface area contributed by atoms with E-state index in [2.05, 4.69) is 79.9 Å². The number of rotatable bonds is 42. The lowest BCUT2D eigenvalue weighted by atomic mass is 10.0. The Morgan fingerprint density at radius 2 is 1.05 bits per heavy atom. The van der Waals surface area contributed by atoms with Crippen LogP contribution in [0.5, 0.6) is 0 Å². The van der Waals surface area contributed by atoms with E-state index in [9.17, 15) is 19.4 Å². The Kier molecular flexibility index (Phi) is 39.9. The second kappa shape index (κ2) is 41.3. The molecule has 0 saturated carbocycles. The first-order chi connectivity index (χ1) is 28.5. The molecule has 0 saturated heterocycles. The van der Waals surface area contributed by atoms with Gasteiger partial charge in [0.15, 0.2) is 0 Å². The van der Waals surface area contributed by atoms with Gasteiger partial charge in [-0.1, -0.05) is 189 Å². The van der Waals surface area contributed by atoms with E-state index in [0.29, 0.717) is 17.4 Å². The van der Waals surface area contributed by atoms with Gasteiger partial charge >= 0.3 is 0 Å². The summed E-state index contributed by atoms with van der Waals surface area (Å²) in [5.74, 6) is -0.214. The maximum atomic E-state index is 12.8. The number of amides is 1. The highest BCUT2D eigenvalue weighted by molar-refractivity contribution is 7.45. The Bertz CT molecular complexity index is 1190.